The lowest BCUT2D eigenvalue weighted by atomic mass is 10.2. The first-order valence-corrected chi connectivity index (χ1v) is 5.26. The van der Waals surface area contributed by atoms with Crippen molar-refractivity contribution in [1.29, 1.82) is 0 Å². The molecule has 0 fully saturated rings. The first kappa shape index (κ1) is 11.3. The minimum absolute atomic E-state index is 0.333. The monoisotopic (exact) mass is 230 g/mol. The summed E-state index contributed by atoms with van der Waals surface area (Å²) in [5, 5.41) is 4.18. The summed E-state index contributed by atoms with van der Waals surface area (Å²) in [4.78, 5) is 11.4. The molecule has 0 unspecified atom stereocenters. The van der Waals surface area contributed by atoms with Gasteiger partial charge in [-0.1, -0.05) is 17.7 Å². The molecule has 5 heteroatoms. The first-order valence-electron chi connectivity index (χ1n) is 5.26. The third-order valence-electron chi connectivity index (χ3n) is 2.66. The number of nitrogen functional groups attached to an aromatic ring is 1. The molecule has 0 aliphatic carbocycles. The summed E-state index contributed by atoms with van der Waals surface area (Å²) >= 11 is 0. The van der Waals surface area contributed by atoms with E-state index in [2.05, 4.69) is 10.5 Å². The van der Waals surface area contributed by atoms with E-state index in [1.165, 1.54) is 11.8 Å². The van der Waals surface area contributed by atoms with Crippen molar-refractivity contribution in [3.8, 4) is 5.69 Å². The van der Waals surface area contributed by atoms with Gasteiger partial charge in [0.15, 0.2) is 0 Å². The number of amides is 1. The van der Waals surface area contributed by atoms with E-state index >= 15 is 0 Å². The van der Waals surface area contributed by atoms with E-state index in [-0.39, 0.29) is 5.91 Å². The molecule has 0 saturated heterocycles. The average Bonchev–Trinajstić information content (AvgIpc) is 2.71. The molecular formula is C12H14N4O. The molecule has 0 bridgehead atoms. The fourth-order valence-corrected chi connectivity index (χ4v) is 1.66. The number of hydrazine groups is 1. The zero-order chi connectivity index (χ0) is 12.4. The van der Waals surface area contributed by atoms with Crippen molar-refractivity contribution in [2.75, 3.05) is 0 Å². The Morgan fingerprint density at radius 3 is 2.53 bits per heavy atom. The van der Waals surface area contributed by atoms with E-state index in [0.29, 0.717) is 5.56 Å². The molecule has 3 N–H and O–H groups in total. The van der Waals surface area contributed by atoms with E-state index in [4.69, 9.17) is 5.84 Å². The van der Waals surface area contributed by atoms with Gasteiger partial charge in [0.25, 0.3) is 5.91 Å². The van der Waals surface area contributed by atoms with Crippen molar-refractivity contribution in [1.82, 2.24) is 15.2 Å². The van der Waals surface area contributed by atoms with Gasteiger partial charge in [0.1, 0.15) is 0 Å². The highest BCUT2D eigenvalue weighted by atomic mass is 16.2. The number of benzene rings is 1. The topological polar surface area (TPSA) is 72.9 Å². The summed E-state index contributed by atoms with van der Waals surface area (Å²) in [6, 6.07) is 7.91. The van der Waals surface area contributed by atoms with Gasteiger partial charge in [-0.3, -0.25) is 10.2 Å². The van der Waals surface area contributed by atoms with Crippen LogP contribution in [0.1, 0.15) is 21.6 Å². The Hall–Kier alpha value is -2.14. The van der Waals surface area contributed by atoms with Crippen LogP contribution in [-0.4, -0.2) is 15.7 Å². The molecule has 2 aromatic rings. The van der Waals surface area contributed by atoms with E-state index in [1.807, 2.05) is 38.1 Å². The van der Waals surface area contributed by atoms with Gasteiger partial charge in [0.05, 0.1) is 23.1 Å². The molecule has 0 saturated carbocycles. The van der Waals surface area contributed by atoms with Crippen molar-refractivity contribution in [3.63, 3.8) is 0 Å². The largest absolute Gasteiger partial charge is 0.290 e. The molecule has 5 nitrogen and oxygen atoms in total. The van der Waals surface area contributed by atoms with Crippen molar-refractivity contribution in [3.05, 3.63) is 47.3 Å². The van der Waals surface area contributed by atoms with Crippen LogP contribution in [0.15, 0.2) is 30.5 Å². The SMILES string of the molecule is Cc1ccc(-n2ncc(C(=O)NN)c2C)cc1. The minimum atomic E-state index is -0.333. The summed E-state index contributed by atoms with van der Waals surface area (Å²) in [7, 11) is 0. The number of carbonyl (C=O) groups excluding carboxylic acids is 1. The van der Waals surface area contributed by atoms with Crippen LogP contribution in [-0.2, 0) is 0 Å². The predicted molar refractivity (Wildman–Crippen MR) is 64.7 cm³/mol. The Kier molecular flexibility index (Phi) is 2.93. The molecule has 1 aromatic heterocycles. The molecule has 1 heterocycles. The lowest BCUT2D eigenvalue weighted by molar-refractivity contribution is 0.0953. The number of hydrogen-bond donors (Lipinski definition) is 2. The Morgan fingerprint density at radius 2 is 1.94 bits per heavy atom. The molecule has 0 aliphatic rings. The van der Waals surface area contributed by atoms with Crippen molar-refractivity contribution in [2.24, 2.45) is 5.84 Å². The highest BCUT2D eigenvalue weighted by Gasteiger charge is 2.13. The normalized spacial score (nSPS) is 10.3. The van der Waals surface area contributed by atoms with Crippen LogP contribution in [0.4, 0.5) is 0 Å². The molecule has 1 aromatic carbocycles. The summed E-state index contributed by atoms with van der Waals surface area (Å²) in [6.45, 7) is 3.85. The number of nitrogens with one attached hydrogen (secondary N) is 1. The molecule has 17 heavy (non-hydrogen) atoms. The maximum absolute atomic E-state index is 11.4. The Balaban J connectivity index is 2.44. The number of aryl methyl sites for hydroxylation is 1. The van der Waals surface area contributed by atoms with E-state index in [0.717, 1.165) is 11.4 Å². The van der Waals surface area contributed by atoms with Crippen LogP contribution >= 0.6 is 0 Å². The van der Waals surface area contributed by atoms with Crippen molar-refractivity contribution in [2.45, 2.75) is 13.8 Å². The summed E-state index contributed by atoms with van der Waals surface area (Å²) in [5.41, 5.74) is 5.44. The van der Waals surface area contributed by atoms with Gasteiger partial charge in [0.2, 0.25) is 0 Å². The van der Waals surface area contributed by atoms with Gasteiger partial charge in [-0.2, -0.15) is 5.10 Å². The van der Waals surface area contributed by atoms with Crippen LogP contribution in [0, 0.1) is 13.8 Å². The van der Waals surface area contributed by atoms with E-state index in [1.54, 1.807) is 4.68 Å². The second-order valence-corrected chi connectivity index (χ2v) is 3.86. The number of rotatable bonds is 2. The number of carbonyl (C=O) groups is 1. The standard InChI is InChI=1S/C12H14N4O/c1-8-3-5-10(6-4-8)16-9(2)11(7-14-16)12(17)15-13/h3-7H,13H2,1-2H3,(H,15,17). The second kappa shape index (κ2) is 4.39. The number of nitrogens with zero attached hydrogens (tertiary/aromatic N) is 2. The molecule has 0 radical (unpaired) electrons. The highest BCUT2D eigenvalue weighted by molar-refractivity contribution is 5.94. The third kappa shape index (κ3) is 2.05. The van der Waals surface area contributed by atoms with Gasteiger partial charge in [-0.05, 0) is 26.0 Å². The molecule has 1 amide bonds. The zero-order valence-corrected chi connectivity index (χ0v) is 9.77. The number of aromatic nitrogens is 2. The smallest absolute Gasteiger partial charge is 0.268 e. The zero-order valence-electron chi connectivity index (χ0n) is 9.77. The van der Waals surface area contributed by atoms with Gasteiger partial charge >= 0.3 is 0 Å². The lowest BCUT2D eigenvalue weighted by Gasteiger charge is -2.05. The van der Waals surface area contributed by atoms with Crippen LogP contribution in [0.2, 0.25) is 0 Å². The molecule has 2 rings (SSSR count). The van der Waals surface area contributed by atoms with Crippen LogP contribution in [0.3, 0.4) is 0 Å². The maximum Gasteiger partial charge on any atom is 0.268 e. The quantitative estimate of drug-likeness (QED) is 0.461. The average molecular weight is 230 g/mol. The highest BCUT2D eigenvalue weighted by Crippen LogP contribution is 2.14. The molecule has 0 spiro atoms. The van der Waals surface area contributed by atoms with Gasteiger partial charge in [0, 0.05) is 0 Å². The maximum atomic E-state index is 11.4. The van der Waals surface area contributed by atoms with E-state index < -0.39 is 0 Å². The van der Waals surface area contributed by atoms with Crippen molar-refractivity contribution < 1.29 is 4.79 Å². The summed E-state index contributed by atoms with van der Waals surface area (Å²) < 4.78 is 1.71. The lowest BCUT2D eigenvalue weighted by Crippen LogP contribution is -2.30. The minimum Gasteiger partial charge on any atom is -0.290 e. The van der Waals surface area contributed by atoms with Gasteiger partial charge in [-0.15, -0.1) is 0 Å². The molecule has 0 atom stereocenters. The van der Waals surface area contributed by atoms with Gasteiger partial charge < -0.3 is 0 Å². The molecule has 88 valence electrons. The molecular weight excluding hydrogens is 216 g/mol. The van der Waals surface area contributed by atoms with Crippen LogP contribution < -0.4 is 11.3 Å². The Bertz CT molecular complexity index is 542. The number of nitrogens with two attached hydrogens (primary N) is 1. The Labute approximate surface area is 99.2 Å². The Morgan fingerprint density at radius 1 is 1.29 bits per heavy atom. The summed E-state index contributed by atoms with van der Waals surface area (Å²) in [5.74, 6) is 4.77. The number of hydrogen-bond acceptors (Lipinski definition) is 3. The first-order chi connectivity index (χ1) is 8.13. The summed E-state index contributed by atoms with van der Waals surface area (Å²) in [6.07, 6.45) is 1.51. The van der Waals surface area contributed by atoms with E-state index in [9.17, 15) is 4.79 Å². The predicted octanol–water partition coefficient (Wildman–Crippen LogP) is 1.09. The van der Waals surface area contributed by atoms with Gasteiger partial charge in [-0.25, -0.2) is 10.5 Å². The second-order valence-electron chi connectivity index (χ2n) is 3.86. The molecule has 0 aliphatic heterocycles. The van der Waals surface area contributed by atoms with Crippen LogP contribution in [0.25, 0.3) is 5.69 Å². The van der Waals surface area contributed by atoms with Crippen molar-refractivity contribution >= 4 is 5.91 Å². The fraction of sp³-hybridized carbons (Fsp3) is 0.167. The third-order valence-corrected chi connectivity index (χ3v) is 2.66. The fourth-order valence-electron chi connectivity index (χ4n) is 1.66. The van der Waals surface area contributed by atoms with Crippen LogP contribution in [0.5, 0.6) is 0 Å².